The molecule has 8 heteroatoms. The second-order valence-electron chi connectivity index (χ2n) is 5.44. The van der Waals surface area contributed by atoms with Gasteiger partial charge in [0, 0.05) is 22.9 Å². The van der Waals surface area contributed by atoms with E-state index in [-0.39, 0.29) is 11.8 Å². The van der Waals surface area contributed by atoms with E-state index in [0.29, 0.717) is 34.6 Å². The Morgan fingerprint density at radius 3 is 2.36 bits per heavy atom. The minimum absolute atomic E-state index is 0.0558. The number of rotatable bonds is 3. The van der Waals surface area contributed by atoms with Gasteiger partial charge in [-0.1, -0.05) is 41.9 Å². The second-order valence-corrected chi connectivity index (χ2v) is 7.34. The van der Waals surface area contributed by atoms with Crippen LogP contribution in [-0.4, -0.2) is 26.4 Å². The number of amides is 1. The predicted molar refractivity (Wildman–Crippen MR) is 102 cm³/mol. The fraction of sp³-hybridized carbons (Fsp3) is 0.294. The summed E-state index contributed by atoms with van der Waals surface area (Å²) in [4.78, 5) is 29.2. The van der Waals surface area contributed by atoms with Crippen LogP contribution in [0.25, 0.3) is 0 Å². The number of hydrogen-bond donors (Lipinski definition) is 0. The molecule has 0 fully saturated rings. The molecule has 130 valence electrons. The molecule has 1 aromatic carbocycles. The zero-order valence-electron chi connectivity index (χ0n) is 14.1. The third kappa shape index (κ3) is 3.28. The maximum atomic E-state index is 12.4. The Balaban J connectivity index is 2.14. The molecule has 6 nitrogen and oxygen atoms in total. The Labute approximate surface area is 158 Å². The summed E-state index contributed by atoms with van der Waals surface area (Å²) in [5, 5.41) is 7.11. The van der Waals surface area contributed by atoms with Gasteiger partial charge in [0.2, 0.25) is 11.8 Å². The SMILES string of the molecule is CCC(=O)N1N=C(c2ccc(Br)cc2)Sc2c1nc(C)n2C(=O)CC. The molecule has 2 aromatic rings. The molecule has 0 saturated heterocycles. The lowest BCUT2D eigenvalue weighted by molar-refractivity contribution is -0.118. The minimum atomic E-state index is -0.162. The van der Waals surface area contributed by atoms with Crippen molar-refractivity contribution in [2.45, 2.75) is 38.6 Å². The van der Waals surface area contributed by atoms with E-state index in [0.717, 1.165) is 10.0 Å². The molecule has 25 heavy (non-hydrogen) atoms. The molecule has 1 aliphatic rings. The van der Waals surface area contributed by atoms with Gasteiger partial charge in [0.25, 0.3) is 0 Å². The molecule has 0 aliphatic carbocycles. The molecule has 1 aromatic heterocycles. The normalized spacial score (nSPS) is 13.4. The topological polar surface area (TPSA) is 67.6 Å². The van der Waals surface area contributed by atoms with E-state index < -0.39 is 0 Å². The van der Waals surface area contributed by atoms with Crippen molar-refractivity contribution in [2.24, 2.45) is 5.10 Å². The second kappa shape index (κ2) is 7.13. The van der Waals surface area contributed by atoms with Crippen LogP contribution >= 0.6 is 27.7 Å². The van der Waals surface area contributed by atoms with Gasteiger partial charge >= 0.3 is 0 Å². The number of aromatic nitrogens is 2. The number of hydrazone groups is 1. The van der Waals surface area contributed by atoms with Gasteiger partial charge in [0.1, 0.15) is 15.9 Å². The third-order valence-corrected chi connectivity index (χ3v) is 5.35. The Kier molecular flexibility index (Phi) is 5.10. The first-order valence-corrected chi connectivity index (χ1v) is 9.55. The summed E-state index contributed by atoms with van der Waals surface area (Å²) in [7, 11) is 0. The molecule has 0 atom stereocenters. The number of imidazole rings is 1. The van der Waals surface area contributed by atoms with Gasteiger partial charge in [-0.2, -0.15) is 10.1 Å². The van der Waals surface area contributed by atoms with Gasteiger partial charge in [0.15, 0.2) is 5.82 Å². The fourth-order valence-corrected chi connectivity index (χ4v) is 3.83. The maximum absolute atomic E-state index is 12.4. The van der Waals surface area contributed by atoms with Crippen molar-refractivity contribution in [1.29, 1.82) is 0 Å². The van der Waals surface area contributed by atoms with Crippen molar-refractivity contribution in [3.63, 3.8) is 0 Å². The van der Waals surface area contributed by atoms with Crippen molar-refractivity contribution >= 4 is 50.4 Å². The van der Waals surface area contributed by atoms with Crippen LogP contribution in [0.4, 0.5) is 5.82 Å². The zero-order chi connectivity index (χ0) is 18.1. The average Bonchev–Trinajstić information content (AvgIpc) is 2.96. The molecule has 3 rings (SSSR count). The lowest BCUT2D eigenvalue weighted by Gasteiger charge is -2.22. The molecular formula is C17H17BrN4O2S. The highest BCUT2D eigenvalue weighted by Gasteiger charge is 2.32. The molecule has 1 aliphatic heterocycles. The maximum Gasteiger partial charge on any atom is 0.248 e. The summed E-state index contributed by atoms with van der Waals surface area (Å²) in [5.41, 5.74) is 0.877. The van der Waals surface area contributed by atoms with Crippen molar-refractivity contribution in [3.05, 3.63) is 40.1 Å². The Hall–Kier alpha value is -1.93. The number of nitrogens with zero attached hydrogens (tertiary/aromatic N) is 4. The van der Waals surface area contributed by atoms with Crippen LogP contribution in [0.2, 0.25) is 0 Å². The van der Waals surface area contributed by atoms with Crippen molar-refractivity contribution in [3.8, 4) is 0 Å². The Morgan fingerprint density at radius 1 is 1.12 bits per heavy atom. The summed E-state index contributed by atoms with van der Waals surface area (Å²) in [6.45, 7) is 5.35. The monoisotopic (exact) mass is 420 g/mol. The summed E-state index contributed by atoms with van der Waals surface area (Å²) < 4.78 is 2.53. The van der Waals surface area contributed by atoms with E-state index in [9.17, 15) is 9.59 Å². The highest BCUT2D eigenvalue weighted by molar-refractivity contribution is 9.10. The summed E-state index contributed by atoms with van der Waals surface area (Å²) in [6, 6.07) is 7.68. The van der Waals surface area contributed by atoms with Crippen LogP contribution in [0.3, 0.4) is 0 Å². The number of benzene rings is 1. The van der Waals surface area contributed by atoms with E-state index in [1.54, 1.807) is 25.3 Å². The first kappa shape index (κ1) is 17.9. The fourth-order valence-electron chi connectivity index (χ4n) is 2.46. The van der Waals surface area contributed by atoms with E-state index in [1.165, 1.54) is 16.8 Å². The number of hydrogen-bond acceptors (Lipinski definition) is 5. The lowest BCUT2D eigenvalue weighted by Crippen LogP contribution is -2.29. The van der Waals surface area contributed by atoms with Crippen molar-refractivity contribution in [2.75, 3.05) is 5.01 Å². The van der Waals surface area contributed by atoms with Crippen LogP contribution < -0.4 is 5.01 Å². The quantitative estimate of drug-likeness (QED) is 0.745. The Bertz CT molecular complexity index is 874. The third-order valence-electron chi connectivity index (χ3n) is 3.75. The van der Waals surface area contributed by atoms with Crippen LogP contribution in [0.5, 0.6) is 0 Å². The van der Waals surface area contributed by atoms with Crippen LogP contribution in [0.15, 0.2) is 38.9 Å². The Morgan fingerprint density at radius 2 is 1.76 bits per heavy atom. The minimum Gasteiger partial charge on any atom is -0.274 e. The summed E-state index contributed by atoms with van der Waals surface area (Å²) in [6.07, 6.45) is 0.658. The van der Waals surface area contributed by atoms with Gasteiger partial charge in [-0.15, -0.1) is 0 Å². The highest BCUT2D eigenvalue weighted by atomic mass is 79.9. The number of halogens is 1. The molecule has 0 N–H and O–H groups in total. The van der Waals surface area contributed by atoms with Crippen LogP contribution in [0.1, 0.15) is 42.9 Å². The number of carbonyl (C=O) groups excluding carboxylic acids is 2. The smallest absolute Gasteiger partial charge is 0.248 e. The lowest BCUT2D eigenvalue weighted by atomic mass is 10.2. The number of thioether (sulfide) groups is 1. The number of anilines is 1. The molecule has 0 unspecified atom stereocenters. The summed E-state index contributed by atoms with van der Waals surface area (Å²) >= 11 is 4.77. The van der Waals surface area contributed by atoms with E-state index in [4.69, 9.17) is 0 Å². The van der Waals surface area contributed by atoms with E-state index in [2.05, 4.69) is 26.0 Å². The first-order chi connectivity index (χ1) is 12.0. The molecule has 2 heterocycles. The van der Waals surface area contributed by atoms with Crippen LogP contribution in [-0.2, 0) is 4.79 Å². The largest absolute Gasteiger partial charge is 0.274 e. The van der Waals surface area contributed by atoms with E-state index >= 15 is 0 Å². The first-order valence-electron chi connectivity index (χ1n) is 7.94. The standard InChI is InChI=1S/C17H17BrN4O2S/c1-4-13(23)21-10(3)19-15-17(21)25-16(20-22(15)14(24)5-2)11-6-8-12(18)9-7-11/h6-9H,4-5H2,1-3H3. The van der Waals surface area contributed by atoms with Gasteiger partial charge in [-0.3, -0.25) is 14.2 Å². The van der Waals surface area contributed by atoms with Gasteiger partial charge < -0.3 is 0 Å². The molecule has 0 radical (unpaired) electrons. The highest BCUT2D eigenvalue weighted by Crippen LogP contribution is 2.38. The molecule has 1 amide bonds. The summed E-state index contributed by atoms with van der Waals surface area (Å²) in [5.74, 6) is 0.770. The van der Waals surface area contributed by atoms with Gasteiger partial charge in [-0.25, -0.2) is 4.98 Å². The zero-order valence-corrected chi connectivity index (χ0v) is 16.5. The van der Waals surface area contributed by atoms with Gasteiger partial charge in [-0.05, 0) is 30.8 Å². The van der Waals surface area contributed by atoms with Gasteiger partial charge in [0.05, 0.1) is 0 Å². The predicted octanol–water partition coefficient (Wildman–Crippen LogP) is 4.21. The number of fused-ring (bicyclic) bond motifs is 1. The molecule has 0 spiro atoms. The average molecular weight is 421 g/mol. The molecule has 0 saturated carbocycles. The number of aryl methyl sites for hydroxylation is 1. The number of carbonyl (C=O) groups is 2. The van der Waals surface area contributed by atoms with Crippen molar-refractivity contribution in [1.82, 2.24) is 9.55 Å². The molecular weight excluding hydrogens is 404 g/mol. The van der Waals surface area contributed by atoms with E-state index in [1.807, 2.05) is 24.3 Å². The van der Waals surface area contributed by atoms with Crippen molar-refractivity contribution < 1.29 is 9.59 Å². The van der Waals surface area contributed by atoms with Crippen LogP contribution in [0, 0.1) is 6.92 Å². The molecule has 0 bridgehead atoms.